The van der Waals surface area contributed by atoms with Gasteiger partial charge in [0.15, 0.2) is 0 Å². The fraction of sp³-hybridized carbons (Fsp3) is 0.667. The Balaban J connectivity index is 1.99. The van der Waals surface area contributed by atoms with Gasteiger partial charge in [-0.25, -0.2) is 9.97 Å². The normalized spacial score (nSPS) is 16.4. The van der Waals surface area contributed by atoms with E-state index in [0.717, 1.165) is 35.6 Å². The van der Waals surface area contributed by atoms with Gasteiger partial charge in [-0.3, -0.25) is 0 Å². The Labute approximate surface area is 121 Å². The van der Waals surface area contributed by atoms with Crippen molar-refractivity contribution in [1.29, 1.82) is 0 Å². The van der Waals surface area contributed by atoms with E-state index in [-0.39, 0.29) is 0 Å². The highest BCUT2D eigenvalue weighted by Gasteiger charge is 2.41. The van der Waals surface area contributed by atoms with E-state index in [0.29, 0.717) is 4.75 Å². The Morgan fingerprint density at radius 3 is 2.56 bits per heavy atom. The first-order chi connectivity index (χ1) is 8.71. The molecule has 0 aliphatic heterocycles. The topological polar surface area (TPSA) is 49.8 Å². The van der Waals surface area contributed by atoms with Gasteiger partial charge >= 0.3 is 0 Å². The predicted molar refractivity (Wildman–Crippen MR) is 82.5 cm³/mol. The lowest BCUT2D eigenvalue weighted by Gasteiger charge is -2.15. The first-order valence-electron chi connectivity index (χ1n) is 6.24. The molecule has 0 aromatic carbocycles. The predicted octanol–water partition coefficient (Wildman–Crippen LogP) is 3.37. The molecule has 18 heavy (non-hydrogen) atoms. The van der Waals surface area contributed by atoms with Gasteiger partial charge in [0, 0.05) is 17.8 Å². The molecule has 0 amide bonds. The summed E-state index contributed by atoms with van der Waals surface area (Å²) in [5, 5.41) is 6.71. The summed E-state index contributed by atoms with van der Waals surface area (Å²) in [7, 11) is 0. The molecule has 100 valence electrons. The summed E-state index contributed by atoms with van der Waals surface area (Å²) in [4.78, 5) is 8.54. The molecule has 1 fully saturated rings. The highest BCUT2D eigenvalue weighted by molar-refractivity contribution is 9.10. The zero-order valence-electron chi connectivity index (χ0n) is 10.8. The molecule has 0 bridgehead atoms. The van der Waals surface area contributed by atoms with E-state index < -0.39 is 0 Å². The van der Waals surface area contributed by atoms with Gasteiger partial charge in [0.2, 0.25) is 0 Å². The number of anilines is 2. The lowest BCUT2D eigenvalue weighted by Crippen LogP contribution is -2.18. The maximum atomic E-state index is 4.29. The zero-order chi connectivity index (χ0) is 13.0. The fourth-order valence-electron chi connectivity index (χ4n) is 1.70. The summed E-state index contributed by atoms with van der Waals surface area (Å²) < 4.78 is 1.36. The minimum absolute atomic E-state index is 0.432. The molecule has 1 aliphatic carbocycles. The number of aromatic nitrogens is 2. The standard InChI is InChI=1S/C12H19BrN4S/c1-3-6-14-10-9(13)11(17-8-16-10)15-7-12(18-2)4-5-12/h8H,3-7H2,1-2H3,(H2,14,15,16,17). The number of nitrogens with zero attached hydrogens (tertiary/aromatic N) is 2. The maximum Gasteiger partial charge on any atom is 0.145 e. The minimum atomic E-state index is 0.432. The quantitative estimate of drug-likeness (QED) is 0.802. The van der Waals surface area contributed by atoms with Gasteiger partial charge in [-0.2, -0.15) is 11.8 Å². The number of nitrogens with one attached hydrogen (secondary N) is 2. The van der Waals surface area contributed by atoms with Crippen molar-refractivity contribution in [1.82, 2.24) is 9.97 Å². The minimum Gasteiger partial charge on any atom is -0.369 e. The van der Waals surface area contributed by atoms with E-state index in [9.17, 15) is 0 Å². The van der Waals surface area contributed by atoms with Crippen LogP contribution in [0.2, 0.25) is 0 Å². The van der Waals surface area contributed by atoms with E-state index in [1.54, 1.807) is 6.33 Å². The third-order valence-corrected chi connectivity index (χ3v) is 5.32. The summed E-state index contributed by atoms with van der Waals surface area (Å²) in [6.07, 6.45) is 7.45. The maximum absolute atomic E-state index is 4.29. The number of thioether (sulfide) groups is 1. The molecule has 2 N–H and O–H groups in total. The van der Waals surface area contributed by atoms with E-state index in [1.807, 2.05) is 11.8 Å². The van der Waals surface area contributed by atoms with Gasteiger partial charge in [0.1, 0.15) is 22.4 Å². The van der Waals surface area contributed by atoms with Crippen molar-refractivity contribution < 1.29 is 0 Å². The molecule has 2 rings (SSSR count). The summed E-state index contributed by atoms with van der Waals surface area (Å²) >= 11 is 5.51. The molecule has 1 aromatic rings. The van der Waals surface area contributed by atoms with Crippen LogP contribution in [0.4, 0.5) is 11.6 Å². The van der Waals surface area contributed by atoms with Gasteiger partial charge in [-0.05, 0) is 41.4 Å². The molecule has 0 spiro atoms. The van der Waals surface area contributed by atoms with Crippen LogP contribution in [0.1, 0.15) is 26.2 Å². The first-order valence-corrected chi connectivity index (χ1v) is 8.26. The zero-order valence-corrected chi connectivity index (χ0v) is 13.2. The van der Waals surface area contributed by atoms with E-state index >= 15 is 0 Å². The Kier molecular flexibility index (Phi) is 4.72. The van der Waals surface area contributed by atoms with Crippen LogP contribution in [-0.4, -0.2) is 34.1 Å². The largest absolute Gasteiger partial charge is 0.369 e. The van der Waals surface area contributed by atoms with Gasteiger partial charge in [0.05, 0.1) is 0 Å². The summed E-state index contributed by atoms with van der Waals surface area (Å²) in [5.74, 6) is 1.74. The second kappa shape index (κ2) is 6.10. The van der Waals surface area contributed by atoms with Crippen molar-refractivity contribution in [3.8, 4) is 0 Å². The monoisotopic (exact) mass is 330 g/mol. The van der Waals surface area contributed by atoms with Crippen LogP contribution in [0.3, 0.4) is 0 Å². The second-order valence-corrected chi connectivity index (χ2v) is 6.62. The Bertz CT molecular complexity index is 409. The van der Waals surface area contributed by atoms with Crippen molar-refractivity contribution in [3.05, 3.63) is 10.8 Å². The van der Waals surface area contributed by atoms with Gasteiger partial charge < -0.3 is 10.6 Å². The van der Waals surface area contributed by atoms with Gasteiger partial charge in [-0.1, -0.05) is 6.92 Å². The van der Waals surface area contributed by atoms with Gasteiger partial charge in [0.25, 0.3) is 0 Å². The molecule has 6 heteroatoms. The number of hydrogen-bond donors (Lipinski definition) is 2. The molecule has 1 aromatic heterocycles. The molecular weight excluding hydrogens is 312 g/mol. The van der Waals surface area contributed by atoms with Crippen LogP contribution in [-0.2, 0) is 0 Å². The average Bonchev–Trinajstić information content (AvgIpc) is 3.17. The highest BCUT2D eigenvalue weighted by Crippen LogP contribution is 2.47. The second-order valence-electron chi connectivity index (χ2n) is 4.55. The van der Waals surface area contributed by atoms with E-state index in [4.69, 9.17) is 0 Å². The first kappa shape index (κ1) is 13.9. The van der Waals surface area contributed by atoms with Crippen LogP contribution >= 0.6 is 27.7 Å². The summed E-state index contributed by atoms with van der Waals surface area (Å²) in [6, 6.07) is 0. The van der Waals surface area contributed by atoms with Crippen LogP contribution in [0.5, 0.6) is 0 Å². The Hall–Kier alpha value is -0.490. The summed E-state index contributed by atoms with van der Waals surface area (Å²) in [5.41, 5.74) is 0. The average molecular weight is 331 g/mol. The molecule has 0 atom stereocenters. The number of rotatable bonds is 7. The molecule has 0 saturated heterocycles. The molecule has 0 unspecified atom stereocenters. The van der Waals surface area contributed by atoms with E-state index in [1.165, 1.54) is 12.8 Å². The summed E-state index contributed by atoms with van der Waals surface area (Å²) in [6.45, 7) is 4.03. The molecule has 0 radical (unpaired) electrons. The number of halogens is 1. The van der Waals surface area contributed by atoms with Crippen molar-refractivity contribution >= 4 is 39.3 Å². The lowest BCUT2D eigenvalue weighted by atomic mass is 10.4. The third-order valence-electron chi connectivity index (χ3n) is 3.15. The Morgan fingerprint density at radius 2 is 2.00 bits per heavy atom. The van der Waals surface area contributed by atoms with Crippen molar-refractivity contribution in [2.24, 2.45) is 0 Å². The molecule has 1 aliphatic rings. The smallest absolute Gasteiger partial charge is 0.145 e. The van der Waals surface area contributed by atoms with Crippen molar-refractivity contribution in [2.75, 3.05) is 30.0 Å². The van der Waals surface area contributed by atoms with Crippen LogP contribution in [0.25, 0.3) is 0 Å². The van der Waals surface area contributed by atoms with Crippen molar-refractivity contribution in [3.63, 3.8) is 0 Å². The van der Waals surface area contributed by atoms with Crippen LogP contribution in [0, 0.1) is 0 Å². The molecule has 4 nitrogen and oxygen atoms in total. The fourth-order valence-corrected chi connectivity index (χ4v) is 2.91. The lowest BCUT2D eigenvalue weighted by molar-refractivity contribution is 0.929. The SMILES string of the molecule is CCCNc1ncnc(NCC2(SC)CC2)c1Br. The van der Waals surface area contributed by atoms with Gasteiger partial charge in [-0.15, -0.1) is 0 Å². The highest BCUT2D eigenvalue weighted by atomic mass is 79.9. The Morgan fingerprint density at radius 1 is 1.33 bits per heavy atom. The van der Waals surface area contributed by atoms with E-state index in [2.05, 4.69) is 49.7 Å². The molecular formula is C12H19BrN4S. The van der Waals surface area contributed by atoms with Crippen molar-refractivity contribution in [2.45, 2.75) is 30.9 Å². The number of hydrogen-bond acceptors (Lipinski definition) is 5. The van der Waals surface area contributed by atoms with Crippen LogP contribution < -0.4 is 10.6 Å². The third kappa shape index (κ3) is 3.29. The van der Waals surface area contributed by atoms with Crippen LogP contribution in [0.15, 0.2) is 10.8 Å². The molecule has 1 saturated carbocycles. The molecule has 1 heterocycles.